The molecule has 0 radical (unpaired) electrons. The molecule has 0 bridgehead atoms. The lowest BCUT2D eigenvalue weighted by Gasteiger charge is -2.13. The zero-order valence-corrected chi connectivity index (χ0v) is 16.4. The van der Waals surface area contributed by atoms with Gasteiger partial charge in [-0.25, -0.2) is 4.99 Å². The highest BCUT2D eigenvalue weighted by molar-refractivity contribution is 5.79. The fourth-order valence-electron chi connectivity index (χ4n) is 2.65. The predicted molar refractivity (Wildman–Crippen MR) is 105 cm³/mol. The van der Waals surface area contributed by atoms with Crippen LogP contribution in [0.5, 0.6) is 5.75 Å². The quantitative estimate of drug-likeness (QED) is 0.521. The van der Waals surface area contributed by atoms with Gasteiger partial charge in [0.05, 0.1) is 13.2 Å². The fourth-order valence-corrected chi connectivity index (χ4v) is 2.65. The number of aromatic nitrogens is 2. The summed E-state index contributed by atoms with van der Waals surface area (Å²) >= 11 is 0. The number of aryl methyl sites for hydroxylation is 2. The standard InChI is InChI=1S/C20H29N5O2/c1-4-21-20(22-10-9-19-24-15(3)25-27-19)23-12-17-8-5-14(2)11-18(17)26-13-16-6-7-16/h5,8,11,16H,4,6-7,9-10,12-13H2,1-3H3,(H2,21,22,23). The maximum Gasteiger partial charge on any atom is 0.228 e. The van der Waals surface area contributed by atoms with E-state index in [1.807, 2.05) is 6.92 Å². The zero-order valence-electron chi connectivity index (χ0n) is 16.4. The highest BCUT2D eigenvalue weighted by Crippen LogP contribution is 2.30. The lowest BCUT2D eigenvalue weighted by atomic mass is 10.1. The Morgan fingerprint density at radius 3 is 2.85 bits per heavy atom. The number of rotatable bonds is 9. The van der Waals surface area contributed by atoms with Crippen LogP contribution in [0.4, 0.5) is 0 Å². The minimum absolute atomic E-state index is 0.565. The molecule has 7 heteroatoms. The second-order valence-electron chi connectivity index (χ2n) is 6.97. The van der Waals surface area contributed by atoms with Gasteiger partial charge in [0.2, 0.25) is 5.89 Å². The average Bonchev–Trinajstić information content (AvgIpc) is 3.39. The molecule has 27 heavy (non-hydrogen) atoms. The summed E-state index contributed by atoms with van der Waals surface area (Å²) in [7, 11) is 0. The molecule has 1 aliphatic rings. The SMILES string of the molecule is CCNC(=NCc1ccc(C)cc1OCC1CC1)NCCc1nc(C)no1. The summed E-state index contributed by atoms with van der Waals surface area (Å²) in [5.74, 6) is 3.73. The largest absolute Gasteiger partial charge is 0.493 e. The van der Waals surface area contributed by atoms with Crippen LogP contribution in [-0.4, -0.2) is 35.8 Å². The first-order chi connectivity index (χ1) is 13.1. The molecule has 0 atom stereocenters. The summed E-state index contributed by atoms with van der Waals surface area (Å²) in [6, 6.07) is 6.31. The predicted octanol–water partition coefficient (Wildman–Crippen LogP) is 2.77. The molecular formula is C20H29N5O2. The van der Waals surface area contributed by atoms with Crippen molar-refractivity contribution in [3.8, 4) is 5.75 Å². The van der Waals surface area contributed by atoms with Gasteiger partial charge in [0.1, 0.15) is 5.75 Å². The van der Waals surface area contributed by atoms with Crippen LogP contribution in [0, 0.1) is 19.8 Å². The van der Waals surface area contributed by atoms with E-state index < -0.39 is 0 Å². The lowest BCUT2D eigenvalue weighted by molar-refractivity contribution is 0.296. The molecule has 2 aromatic rings. The van der Waals surface area contributed by atoms with Crippen LogP contribution in [-0.2, 0) is 13.0 Å². The van der Waals surface area contributed by atoms with Crippen LogP contribution in [0.25, 0.3) is 0 Å². The molecule has 0 saturated heterocycles. The van der Waals surface area contributed by atoms with Gasteiger partial charge in [0.15, 0.2) is 11.8 Å². The Balaban J connectivity index is 1.58. The summed E-state index contributed by atoms with van der Waals surface area (Å²) in [5, 5.41) is 10.4. The molecule has 7 nitrogen and oxygen atoms in total. The first-order valence-corrected chi connectivity index (χ1v) is 9.67. The molecule has 146 valence electrons. The van der Waals surface area contributed by atoms with Crippen molar-refractivity contribution in [1.82, 2.24) is 20.8 Å². The van der Waals surface area contributed by atoms with Crippen molar-refractivity contribution in [2.24, 2.45) is 10.9 Å². The molecule has 1 heterocycles. The van der Waals surface area contributed by atoms with E-state index in [1.54, 1.807) is 0 Å². The second kappa shape index (κ2) is 9.39. The molecule has 1 aromatic heterocycles. The van der Waals surface area contributed by atoms with Crippen LogP contribution in [0.2, 0.25) is 0 Å². The maximum atomic E-state index is 6.04. The Bertz CT molecular complexity index is 767. The third kappa shape index (κ3) is 6.27. The van der Waals surface area contributed by atoms with Gasteiger partial charge >= 0.3 is 0 Å². The smallest absolute Gasteiger partial charge is 0.228 e. The minimum atomic E-state index is 0.565. The van der Waals surface area contributed by atoms with E-state index in [4.69, 9.17) is 14.3 Å². The summed E-state index contributed by atoms with van der Waals surface area (Å²) < 4.78 is 11.2. The van der Waals surface area contributed by atoms with E-state index in [-0.39, 0.29) is 0 Å². The van der Waals surface area contributed by atoms with Crippen LogP contribution >= 0.6 is 0 Å². The molecule has 1 aromatic carbocycles. The zero-order chi connectivity index (χ0) is 19.1. The van der Waals surface area contributed by atoms with E-state index >= 15 is 0 Å². The van der Waals surface area contributed by atoms with E-state index in [1.165, 1.54) is 18.4 Å². The van der Waals surface area contributed by atoms with Crippen LogP contribution in [0.3, 0.4) is 0 Å². The second-order valence-corrected chi connectivity index (χ2v) is 6.97. The third-order valence-electron chi connectivity index (χ3n) is 4.35. The lowest BCUT2D eigenvalue weighted by Crippen LogP contribution is -2.38. The molecular weight excluding hydrogens is 342 g/mol. The number of benzene rings is 1. The van der Waals surface area contributed by atoms with Crippen molar-refractivity contribution in [3.63, 3.8) is 0 Å². The monoisotopic (exact) mass is 371 g/mol. The first-order valence-electron chi connectivity index (χ1n) is 9.67. The number of nitrogens with zero attached hydrogens (tertiary/aromatic N) is 3. The molecule has 0 aliphatic heterocycles. The van der Waals surface area contributed by atoms with Crippen molar-refractivity contribution in [3.05, 3.63) is 41.0 Å². The molecule has 2 N–H and O–H groups in total. The average molecular weight is 371 g/mol. The summed E-state index contributed by atoms with van der Waals surface area (Å²) in [5.41, 5.74) is 2.30. The van der Waals surface area contributed by atoms with Gasteiger partial charge in [-0.3, -0.25) is 0 Å². The van der Waals surface area contributed by atoms with E-state index in [0.29, 0.717) is 31.2 Å². The maximum absolute atomic E-state index is 6.04. The van der Waals surface area contributed by atoms with Crippen LogP contribution in [0.15, 0.2) is 27.7 Å². The van der Waals surface area contributed by atoms with Crippen LogP contribution < -0.4 is 15.4 Å². The Hall–Kier alpha value is -2.57. The number of nitrogens with one attached hydrogen (secondary N) is 2. The molecule has 1 fully saturated rings. The van der Waals surface area contributed by atoms with Gasteiger partial charge in [-0.2, -0.15) is 4.98 Å². The summed E-state index contributed by atoms with van der Waals surface area (Å²) in [6.45, 7) is 8.79. The number of hydrogen-bond donors (Lipinski definition) is 2. The summed E-state index contributed by atoms with van der Waals surface area (Å²) in [4.78, 5) is 8.91. The van der Waals surface area contributed by atoms with Gasteiger partial charge in [-0.05, 0) is 51.2 Å². The van der Waals surface area contributed by atoms with Crippen molar-refractivity contribution >= 4 is 5.96 Å². The third-order valence-corrected chi connectivity index (χ3v) is 4.35. The summed E-state index contributed by atoms with van der Waals surface area (Å²) in [6.07, 6.45) is 3.23. The first kappa shape index (κ1) is 19.2. The molecule has 3 rings (SSSR count). The highest BCUT2D eigenvalue weighted by Gasteiger charge is 2.22. The minimum Gasteiger partial charge on any atom is -0.493 e. The molecule has 1 aliphatic carbocycles. The van der Waals surface area contributed by atoms with Crippen LogP contribution in [0.1, 0.15) is 42.6 Å². The van der Waals surface area contributed by atoms with Gasteiger partial charge in [-0.15, -0.1) is 0 Å². The highest BCUT2D eigenvalue weighted by atomic mass is 16.5. The van der Waals surface area contributed by atoms with E-state index in [0.717, 1.165) is 36.3 Å². The Kier molecular flexibility index (Phi) is 6.68. The van der Waals surface area contributed by atoms with Crippen molar-refractivity contribution < 1.29 is 9.26 Å². The van der Waals surface area contributed by atoms with Gasteiger partial charge in [0, 0.05) is 25.1 Å². The normalized spacial score (nSPS) is 14.3. The molecule has 1 saturated carbocycles. The van der Waals surface area contributed by atoms with E-state index in [9.17, 15) is 0 Å². The number of guanidine groups is 1. The Labute approximate surface area is 160 Å². The number of aliphatic imine (C=N–C) groups is 1. The van der Waals surface area contributed by atoms with Crippen molar-refractivity contribution in [1.29, 1.82) is 0 Å². The van der Waals surface area contributed by atoms with Gasteiger partial charge < -0.3 is 19.9 Å². The number of hydrogen-bond acceptors (Lipinski definition) is 5. The molecule has 0 amide bonds. The topological polar surface area (TPSA) is 84.6 Å². The Morgan fingerprint density at radius 1 is 1.30 bits per heavy atom. The van der Waals surface area contributed by atoms with Gasteiger partial charge in [-0.1, -0.05) is 17.3 Å². The molecule has 0 spiro atoms. The van der Waals surface area contributed by atoms with E-state index in [2.05, 4.69) is 52.8 Å². The van der Waals surface area contributed by atoms with Crippen molar-refractivity contribution in [2.75, 3.05) is 19.7 Å². The van der Waals surface area contributed by atoms with Gasteiger partial charge in [0.25, 0.3) is 0 Å². The Morgan fingerprint density at radius 2 is 2.15 bits per heavy atom. The van der Waals surface area contributed by atoms with Crippen molar-refractivity contribution in [2.45, 2.75) is 46.6 Å². The number of ether oxygens (including phenoxy) is 1. The molecule has 0 unspecified atom stereocenters. The fraction of sp³-hybridized carbons (Fsp3) is 0.550.